The minimum atomic E-state index is -2.16. The van der Waals surface area contributed by atoms with E-state index in [1.165, 1.54) is 0 Å². The summed E-state index contributed by atoms with van der Waals surface area (Å²) in [5.41, 5.74) is 13.9. The Hall–Kier alpha value is -6.26. The minimum Gasteiger partial charge on any atom is -0.507 e. The average molecular weight is 777 g/mol. The third kappa shape index (κ3) is 7.72. The highest BCUT2D eigenvalue weighted by atomic mass is 16.3. The van der Waals surface area contributed by atoms with Crippen LogP contribution in [0.4, 0.5) is 0 Å². The molecule has 0 unspecified atom stereocenters. The van der Waals surface area contributed by atoms with Crippen LogP contribution in [0, 0.1) is 6.85 Å². The maximum atomic E-state index is 12.4. The number of benzene rings is 6. The molecule has 0 bridgehead atoms. The smallest absolute Gasteiger partial charge is 0.149 e. The Balaban J connectivity index is 1.40. The van der Waals surface area contributed by atoms with Gasteiger partial charge in [0.25, 0.3) is 0 Å². The number of pyridine rings is 1. The Morgan fingerprint density at radius 1 is 0.525 bits per heavy atom. The lowest BCUT2D eigenvalue weighted by atomic mass is 9.79. The molecular weight excluding hydrogens is 719 g/mol. The van der Waals surface area contributed by atoms with Crippen LogP contribution in [-0.2, 0) is 16.2 Å². The van der Waals surface area contributed by atoms with Gasteiger partial charge in [0.1, 0.15) is 11.6 Å². The number of aromatic nitrogens is 3. The summed E-state index contributed by atoms with van der Waals surface area (Å²) in [5.74, 6) is 0.896. The molecule has 0 spiro atoms. The van der Waals surface area contributed by atoms with Gasteiger partial charge in [-0.15, -0.1) is 0 Å². The van der Waals surface area contributed by atoms with Gasteiger partial charge in [0.05, 0.1) is 28.0 Å². The molecule has 0 amide bonds. The van der Waals surface area contributed by atoms with Gasteiger partial charge in [0.2, 0.25) is 0 Å². The van der Waals surface area contributed by atoms with Gasteiger partial charge in [-0.25, -0.2) is 4.98 Å². The molecule has 59 heavy (non-hydrogen) atoms. The van der Waals surface area contributed by atoms with Crippen molar-refractivity contribution in [3.63, 3.8) is 0 Å². The Morgan fingerprint density at radius 2 is 1.19 bits per heavy atom. The van der Waals surface area contributed by atoms with E-state index in [4.69, 9.17) is 14.1 Å². The van der Waals surface area contributed by atoms with Crippen molar-refractivity contribution >= 4 is 11.0 Å². The first-order valence-electron chi connectivity index (χ1n) is 22.0. The second kappa shape index (κ2) is 14.8. The van der Waals surface area contributed by atoms with E-state index in [0.717, 1.165) is 78.0 Å². The summed E-state index contributed by atoms with van der Waals surface area (Å²) in [5, 5.41) is 12.4. The fraction of sp³-hybridized carbons (Fsp3) is 0.236. The number of imidazole rings is 1. The summed E-state index contributed by atoms with van der Waals surface area (Å²) in [6.07, 6.45) is 1.81. The van der Waals surface area contributed by atoms with E-state index in [0.29, 0.717) is 17.0 Å². The quantitative estimate of drug-likeness (QED) is 0.183. The lowest BCUT2D eigenvalue weighted by Gasteiger charge is -2.27. The molecule has 0 fully saturated rings. The number of phenols is 1. The number of phenolic OH excluding ortho intramolecular Hbond substituents is 1. The Bertz CT molecular complexity index is 2940. The molecule has 4 nitrogen and oxygen atoms in total. The van der Waals surface area contributed by atoms with Crippen molar-refractivity contribution < 1.29 is 9.22 Å². The van der Waals surface area contributed by atoms with Crippen molar-refractivity contribution in [2.24, 2.45) is 0 Å². The SMILES string of the molecule is [2H]C([2H])([2H])c1ccc(-c2ccnc(-c3cc(-c4cccc5c4nc(-c4cc(C(C)(C)C)cc(C(C)(C)C)c4O)n5-c4ccccc4-c4ccccc4)cc(C(C)(C)C)c3)c2)cc1. The van der Waals surface area contributed by atoms with Crippen molar-refractivity contribution in [2.45, 2.75) is 85.4 Å². The van der Waals surface area contributed by atoms with Gasteiger partial charge in [0.15, 0.2) is 0 Å². The van der Waals surface area contributed by atoms with E-state index in [1.54, 1.807) is 12.1 Å². The van der Waals surface area contributed by atoms with Crippen molar-refractivity contribution in [1.29, 1.82) is 0 Å². The topological polar surface area (TPSA) is 50.9 Å². The molecule has 1 N–H and O–H groups in total. The molecule has 4 heteroatoms. The number of fused-ring (bicyclic) bond motifs is 1. The first kappa shape index (κ1) is 35.9. The Labute approximate surface area is 354 Å². The molecule has 2 heterocycles. The largest absolute Gasteiger partial charge is 0.507 e. The van der Waals surface area contributed by atoms with Gasteiger partial charge in [0, 0.05) is 32.6 Å². The monoisotopic (exact) mass is 776 g/mol. The summed E-state index contributed by atoms with van der Waals surface area (Å²) >= 11 is 0. The number of rotatable bonds is 6. The van der Waals surface area contributed by atoms with E-state index in [-0.39, 0.29) is 22.0 Å². The zero-order valence-electron chi connectivity index (χ0n) is 38.6. The molecule has 0 aliphatic carbocycles. The van der Waals surface area contributed by atoms with Crippen molar-refractivity contribution in [1.82, 2.24) is 14.5 Å². The maximum Gasteiger partial charge on any atom is 0.149 e. The lowest BCUT2D eigenvalue weighted by Crippen LogP contribution is -2.17. The molecular formula is C55H55N3O. The fourth-order valence-electron chi connectivity index (χ4n) is 7.89. The number of hydrogen-bond donors (Lipinski definition) is 1. The number of para-hydroxylation sites is 2. The Kier molecular flexibility index (Phi) is 9.02. The molecule has 6 aromatic carbocycles. The van der Waals surface area contributed by atoms with Crippen molar-refractivity contribution in [3.05, 3.63) is 168 Å². The Morgan fingerprint density at radius 3 is 1.88 bits per heavy atom. The van der Waals surface area contributed by atoms with Crippen LogP contribution in [0.2, 0.25) is 0 Å². The highest BCUT2D eigenvalue weighted by Gasteiger charge is 2.29. The van der Waals surface area contributed by atoms with Crippen LogP contribution in [0.5, 0.6) is 5.75 Å². The molecule has 296 valence electrons. The first-order chi connectivity index (χ1) is 29.2. The van der Waals surface area contributed by atoms with Crippen LogP contribution < -0.4 is 0 Å². The molecule has 0 radical (unpaired) electrons. The van der Waals surface area contributed by atoms with E-state index in [9.17, 15) is 5.11 Å². The molecule has 8 rings (SSSR count). The van der Waals surface area contributed by atoms with Gasteiger partial charge in [-0.1, -0.05) is 165 Å². The number of aromatic hydroxyl groups is 1. The number of nitrogens with zero attached hydrogens (tertiary/aromatic N) is 3. The van der Waals surface area contributed by atoms with Gasteiger partial charge >= 0.3 is 0 Å². The van der Waals surface area contributed by atoms with Crippen LogP contribution in [0.25, 0.3) is 72.7 Å². The predicted molar refractivity (Wildman–Crippen MR) is 249 cm³/mol. The van der Waals surface area contributed by atoms with E-state index in [2.05, 4.69) is 170 Å². The second-order valence-electron chi connectivity index (χ2n) is 18.8. The minimum absolute atomic E-state index is 0.191. The number of hydrogen-bond acceptors (Lipinski definition) is 3. The van der Waals surface area contributed by atoms with Crippen LogP contribution in [0.3, 0.4) is 0 Å². The molecule has 0 saturated carbocycles. The summed E-state index contributed by atoms with van der Waals surface area (Å²) in [6.45, 7) is 17.6. The standard InChI is InChI=1S/C55H55N3O/c1-35-23-25-36(26-24-35)38-27-28-56-47(32-38)40-29-39(30-41(31-40)53(2,3)4)44-20-16-22-49-50(44)57-52(45-33-42(54(5,6)7)34-46(51(45)59)55(8,9)10)58(49)48-21-15-14-19-43(48)37-17-12-11-13-18-37/h11-34,59H,1-10H3/i1D3. The highest BCUT2D eigenvalue weighted by molar-refractivity contribution is 5.98. The second-order valence-corrected chi connectivity index (χ2v) is 18.8. The predicted octanol–water partition coefficient (Wildman–Crippen LogP) is 14.7. The lowest BCUT2D eigenvalue weighted by molar-refractivity contribution is 0.446. The molecule has 2 aromatic heterocycles. The van der Waals surface area contributed by atoms with Gasteiger partial charge < -0.3 is 5.11 Å². The normalized spacial score (nSPS) is 13.3. The molecule has 0 aliphatic heterocycles. The third-order valence-electron chi connectivity index (χ3n) is 11.3. The van der Waals surface area contributed by atoms with Crippen molar-refractivity contribution in [3.8, 4) is 67.5 Å². The van der Waals surface area contributed by atoms with E-state index in [1.807, 2.05) is 30.5 Å². The summed E-state index contributed by atoms with van der Waals surface area (Å²) in [4.78, 5) is 10.5. The van der Waals surface area contributed by atoms with Gasteiger partial charge in [-0.05, 0) is 98.9 Å². The first-order valence-corrected chi connectivity index (χ1v) is 20.5. The van der Waals surface area contributed by atoms with Gasteiger partial charge in [-0.3, -0.25) is 9.55 Å². The zero-order valence-corrected chi connectivity index (χ0v) is 35.6. The molecule has 8 aromatic rings. The highest BCUT2D eigenvalue weighted by Crippen LogP contribution is 2.46. The number of aryl methyl sites for hydroxylation is 1. The van der Waals surface area contributed by atoms with Crippen LogP contribution in [-0.4, -0.2) is 19.6 Å². The van der Waals surface area contributed by atoms with Crippen molar-refractivity contribution in [2.75, 3.05) is 0 Å². The zero-order chi connectivity index (χ0) is 44.4. The van der Waals surface area contributed by atoms with Crippen LogP contribution >= 0.6 is 0 Å². The van der Waals surface area contributed by atoms with Gasteiger partial charge in [-0.2, -0.15) is 0 Å². The summed E-state index contributed by atoms with van der Waals surface area (Å²) < 4.78 is 25.7. The summed E-state index contributed by atoms with van der Waals surface area (Å²) in [6, 6.07) is 47.3. The molecule has 0 atom stereocenters. The van der Waals surface area contributed by atoms with Crippen LogP contribution in [0.15, 0.2) is 146 Å². The van der Waals surface area contributed by atoms with E-state index >= 15 is 0 Å². The average Bonchev–Trinajstić information content (AvgIpc) is 3.62. The molecule has 0 saturated heterocycles. The molecule has 0 aliphatic rings. The fourth-order valence-corrected chi connectivity index (χ4v) is 7.89. The summed E-state index contributed by atoms with van der Waals surface area (Å²) in [7, 11) is 0. The van der Waals surface area contributed by atoms with Crippen LogP contribution in [0.1, 0.15) is 88.7 Å². The third-order valence-corrected chi connectivity index (χ3v) is 11.3. The maximum absolute atomic E-state index is 12.4. The van der Waals surface area contributed by atoms with E-state index < -0.39 is 6.85 Å².